The summed E-state index contributed by atoms with van der Waals surface area (Å²) in [6.45, 7) is 11.3. The number of hydrogen-bond acceptors (Lipinski definition) is 0. The molecule has 108 valence electrons. The summed E-state index contributed by atoms with van der Waals surface area (Å²) >= 11 is 2.25. The van der Waals surface area contributed by atoms with Gasteiger partial charge in [-0.05, 0) is 25.7 Å². The molecule has 0 aromatic carbocycles. The van der Waals surface area contributed by atoms with E-state index in [9.17, 15) is 0 Å². The predicted molar refractivity (Wildman–Crippen MR) is 81.6 cm³/mol. The molecule has 2 rings (SSSR count). The second kappa shape index (κ2) is 7.41. The molecule has 0 aromatic heterocycles. The molecule has 0 N–H and O–H groups in total. The molecule has 19 heavy (non-hydrogen) atoms. The van der Waals surface area contributed by atoms with Gasteiger partial charge >= 0.3 is 79.7 Å². The third kappa shape index (κ3) is 4.29. The normalized spacial score (nSPS) is 25.4. The Labute approximate surface area is 129 Å². The zero-order chi connectivity index (χ0) is 14.5. The molecular formula is C18H27Ir. The van der Waals surface area contributed by atoms with E-state index < -0.39 is 0 Å². The van der Waals surface area contributed by atoms with Gasteiger partial charge in [0.05, 0.1) is 0 Å². The predicted octanol–water partition coefficient (Wildman–Crippen LogP) is 5.86. The fourth-order valence-corrected chi connectivity index (χ4v) is 3.30. The molecule has 0 aliphatic heterocycles. The topological polar surface area (TPSA) is 0 Å². The second-order valence-corrected chi connectivity index (χ2v) is 7.13. The van der Waals surface area contributed by atoms with Crippen molar-refractivity contribution >= 4 is 0 Å². The van der Waals surface area contributed by atoms with Crippen LogP contribution in [0, 0.1) is 5.41 Å². The Kier molecular flexibility index (Phi) is 6.50. The van der Waals surface area contributed by atoms with Crippen molar-refractivity contribution in [3.63, 3.8) is 0 Å². The molecule has 0 atom stereocenters. The standard InChI is InChI=1S/C10H15.C8H12.Ir/c1-7-6-10(4,5)9(3)8(7)2;1-2-4-6-8-7-5-3-1;/h1-5H3;1-4H,5-8H2;/b;3-1-,4-2-;. The van der Waals surface area contributed by atoms with Gasteiger partial charge in [0.15, 0.2) is 0 Å². The minimum atomic E-state index is 0.314. The molecule has 0 amide bonds. The Morgan fingerprint density at radius 3 is 1.63 bits per heavy atom. The fourth-order valence-electron chi connectivity index (χ4n) is 2.41. The summed E-state index contributed by atoms with van der Waals surface area (Å²) < 4.78 is 1.53. The number of hydrogen-bond donors (Lipinski definition) is 0. The van der Waals surface area contributed by atoms with Gasteiger partial charge in [-0.25, -0.2) is 0 Å². The summed E-state index contributed by atoms with van der Waals surface area (Å²) in [6, 6.07) is 0. The molecule has 0 saturated heterocycles. The Morgan fingerprint density at radius 1 is 0.895 bits per heavy atom. The molecule has 2 aliphatic rings. The minimum absolute atomic E-state index is 0.314. The van der Waals surface area contributed by atoms with Crippen LogP contribution in [0.4, 0.5) is 0 Å². The quantitative estimate of drug-likeness (QED) is 0.447. The second-order valence-electron chi connectivity index (χ2n) is 5.93. The SMILES string of the molecule is C1=C\CCCC\C=C/1.CC1=C(C)C(C)(C)[C]([Ir])=C1C. The maximum atomic E-state index is 2.30. The van der Waals surface area contributed by atoms with Crippen molar-refractivity contribution in [1.82, 2.24) is 0 Å². The summed E-state index contributed by atoms with van der Waals surface area (Å²) in [4.78, 5) is 0. The van der Waals surface area contributed by atoms with Crippen molar-refractivity contribution < 1.29 is 18.9 Å². The van der Waals surface area contributed by atoms with Crippen molar-refractivity contribution in [3.05, 3.63) is 45.1 Å². The third-order valence-electron chi connectivity index (χ3n) is 4.27. The van der Waals surface area contributed by atoms with Gasteiger partial charge in [-0.2, -0.15) is 0 Å². The summed E-state index contributed by atoms with van der Waals surface area (Å²) in [5.41, 5.74) is 4.83. The molecule has 1 heteroatoms. The summed E-state index contributed by atoms with van der Waals surface area (Å²) in [5.74, 6) is 0. The van der Waals surface area contributed by atoms with Crippen LogP contribution in [0.2, 0.25) is 0 Å². The van der Waals surface area contributed by atoms with Crippen LogP contribution in [-0.4, -0.2) is 0 Å². The van der Waals surface area contributed by atoms with Gasteiger partial charge in [0.2, 0.25) is 0 Å². The van der Waals surface area contributed by atoms with Gasteiger partial charge in [-0.3, -0.25) is 0 Å². The molecule has 0 saturated carbocycles. The first kappa shape index (κ1) is 16.7. The summed E-state index contributed by atoms with van der Waals surface area (Å²) in [6.07, 6.45) is 14.0. The van der Waals surface area contributed by atoms with Crippen LogP contribution >= 0.6 is 0 Å². The zero-order valence-electron chi connectivity index (χ0n) is 13.0. The molecule has 0 nitrogen and oxygen atoms in total. The average Bonchev–Trinajstić information content (AvgIpc) is 2.45. The molecule has 0 fully saturated rings. The molecule has 0 unspecified atom stereocenters. The van der Waals surface area contributed by atoms with Crippen molar-refractivity contribution in [3.8, 4) is 0 Å². The molecule has 0 heterocycles. The van der Waals surface area contributed by atoms with E-state index in [-0.39, 0.29) is 0 Å². The number of rotatable bonds is 0. The van der Waals surface area contributed by atoms with Gasteiger partial charge in [0, 0.05) is 0 Å². The Balaban J connectivity index is 0.000000200. The first-order chi connectivity index (χ1) is 8.89. The molecule has 0 radical (unpaired) electrons. The van der Waals surface area contributed by atoms with E-state index in [2.05, 4.69) is 77.8 Å². The summed E-state index contributed by atoms with van der Waals surface area (Å²) in [7, 11) is 0. The fraction of sp³-hybridized carbons (Fsp3) is 0.556. The van der Waals surface area contributed by atoms with E-state index in [1.54, 1.807) is 0 Å². The van der Waals surface area contributed by atoms with Crippen molar-refractivity contribution in [2.75, 3.05) is 0 Å². The third-order valence-corrected chi connectivity index (χ3v) is 6.67. The van der Waals surface area contributed by atoms with Crippen LogP contribution in [0.3, 0.4) is 0 Å². The van der Waals surface area contributed by atoms with Crippen LogP contribution in [-0.2, 0) is 18.9 Å². The van der Waals surface area contributed by atoms with E-state index in [4.69, 9.17) is 0 Å². The van der Waals surface area contributed by atoms with Gasteiger partial charge in [-0.1, -0.05) is 24.3 Å². The van der Waals surface area contributed by atoms with Crippen LogP contribution in [0.15, 0.2) is 45.1 Å². The molecule has 0 spiro atoms. The molecule has 0 bridgehead atoms. The Bertz CT molecular complexity index is 391. The van der Waals surface area contributed by atoms with Crippen LogP contribution < -0.4 is 0 Å². The van der Waals surface area contributed by atoms with E-state index >= 15 is 0 Å². The van der Waals surface area contributed by atoms with Crippen molar-refractivity contribution in [1.29, 1.82) is 0 Å². The first-order valence-corrected chi connectivity index (χ1v) is 8.43. The van der Waals surface area contributed by atoms with E-state index in [1.807, 2.05) is 0 Å². The van der Waals surface area contributed by atoms with Gasteiger partial charge < -0.3 is 0 Å². The Hall–Kier alpha value is -0.391. The van der Waals surface area contributed by atoms with Gasteiger partial charge in [0.1, 0.15) is 0 Å². The molecule has 2 aliphatic carbocycles. The van der Waals surface area contributed by atoms with Crippen molar-refractivity contribution in [2.24, 2.45) is 5.41 Å². The van der Waals surface area contributed by atoms with E-state index in [0.717, 1.165) is 0 Å². The van der Waals surface area contributed by atoms with Crippen LogP contribution in [0.1, 0.15) is 60.3 Å². The molecular weight excluding hydrogens is 408 g/mol. The maximum absolute atomic E-state index is 2.30. The van der Waals surface area contributed by atoms with Gasteiger partial charge in [-0.15, -0.1) is 0 Å². The Morgan fingerprint density at radius 2 is 1.37 bits per heavy atom. The average molecular weight is 436 g/mol. The van der Waals surface area contributed by atoms with Crippen LogP contribution in [0.25, 0.3) is 0 Å². The number of allylic oxidation sites excluding steroid dienone is 8. The van der Waals surface area contributed by atoms with Crippen molar-refractivity contribution in [2.45, 2.75) is 60.3 Å². The first-order valence-electron chi connectivity index (χ1n) is 7.23. The van der Waals surface area contributed by atoms with Crippen LogP contribution in [0.5, 0.6) is 0 Å². The van der Waals surface area contributed by atoms with E-state index in [0.29, 0.717) is 5.41 Å². The molecule has 0 aromatic rings. The zero-order valence-corrected chi connectivity index (χ0v) is 15.4. The van der Waals surface area contributed by atoms with E-state index in [1.165, 1.54) is 46.5 Å². The van der Waals surface area contributed by atoms with Gasteiger partial charge in [0.25, 0.3) is 0 Å². The summed E-state index contributed by atoms with van der Waals surface area (Å²) in [5, 5.41) is 0. The monoisotopic (exact) mass is 436 g/mol.